The van der Waals surface area contributed by atoms with Gasteiger partial charge < -0.3 is 9.88 Å². The molecular weight excluding hydrogens is 392 g/mol. The number of urea groups is 1. The number of hydrazine groups is 1. The zero-order valence-electron chi connectivity index (χ0n) is 16.1. The van der Waals surface area contributed by atoms with Crippen LogP contribution in [0.15, 0.2) is 35.5 Å². The summed E-state index contributed by atoms with van der Waals surface area (Å²) in [6.45, 7) is 0. The van der Waals surface area contributed by atoms with Crippen LogP contribution in [0.1, 0.15) is 32.1 Å². The molecule has 4 rings (SSSR count). The number of nitrogens with one attached hydrogen (secondary N) is 2. The van der Waals surface area contributed by atoms with E-state index in [0.717, 1.165) is 29.8 Å². The quantitative estimate of drug-likeness (QED) is 0.571. The minimum Gasteiger partial charge on any atom is -0.322 e. The van der Waals surface area contributed by atoms with Crippen molar-refractivity contribution >= 4 is 29.6 Å². The van der Waals surface area contributed by atoms with Gasteiger partial charge in [-0.3, -0.25) is 15.0 Å². The van der Waals surface area contributed by atoms with E-state index in [1.54, 1.807) is 4.57 Å². The van der Waals surface area contributed by atoms with Gasteiger partial charge in [-0.1, -0.05) is 61.4 Å². The fourth-order valence-corrected chi connectivity index (χ4v) is 4.49. The van der Waals surface area contributed by atoms with Crippen molar-refractivity contribution in [2.24, 2.45) is 7.05 Å². The van der Waals surface area contributed by atoms with E-state index in [1.807, 2.05) is 37.4 Å². The Bertz CT molecular complexity index is 939. The Morgan fingerprint density at radius 3 is 2.62 bits per heavy atom. The van der Waals surface area contributed by atoms with Gasteiger partial charge in [0.2, 0.25) is 5.91 Å². The molecule has 1 aromatic heterocycles. The SMILES string of the molecule is Cn1c(SCC(=O)NN2C(=O)NC3(CCCCC3)C2=O)nnc1-c1ccccc1. The van der Waals surface area contributed by atoms with Gasteiger partial charge in [-0.25, -0.2) is 4.79 Å². The zero-order valence-corrected chi connectivity index (χ0v) is 16.9. The molecular formula is C19H22N6O3S. The van der Waals surface area contributed by atoms with Gasteiger partial charge in [0.1, 0.15) is 5.54 Å². The first-order chi connectivity index (χ1) is 14.0. The average Bonchev–Trinajstić information content (AvgIpc) is 3.20. The van der Waals surface area contributed by atoms with Crippen LogP contribution in [0.5, 0.6) is 0 Å². The van der Waals surface area contributed by atoms with Crippen LogP contribution in [0.2, 0.25) is 0 Å². The van der Waals surface area contributed by atoms with E-state index in [-0.39, 0.29) is 11.7 Å². The number of thioether (sulfide) groups is 1. The monoisotopic (exact) mass is 414 g/mol. The number of imide groups is 1. The lowest BCUT2D eigenvalue weighted by Crippen LogP contribution is -2.51. The third-order valence-electron chi connectivity index (χ3n) is 5.30. The maximum Gasteiger partial charge on any atom is 0.344 e. The van der Waals surface area contributed by atoms with E-state index in [9.17, 15) is 14.4 Å². The van der Waals surface area contributed by atoms with Gasteiger partial charge in [0, 0.05) is 12.6 Å². The van der Waals surface area contributed by atoms with Crippen molar-refractivity contribution in [3.63, 3.8) is 0 Å². The fraction of sp³-hybridized carbons (Fsp3) is 0.421. The Labute approximate surface area is 172 Å². The number of hydrogen-bond donors (Lipinski definition) is 2. The lowest BCUT2D eigenvalue weighted by atomic mass is 9.82. The van der Waals surface area contributed by atoms with Crippen molar-refractivity contribution in [1.82, 2.24) is 30.5 Å². The summed E-state index contributed by atoms with van der Waals surface area (Å²) < 4.78 is 1.80. The summed E-state index contributed by atoms with van der Waals surface area (Å²) in [6, 6.07) is 9.06. The van der Waals surface area contributed by atoms with Crippen molar-refractivity contribution in [2.45, 2.75) is 42.8 Å². The number of amides is 4. The summed E-state index contributed by atoms with van der Waals surface area (Å²) >= 11 is 1.19. The average molecular weight is 414 g/mol. The van der Waals surface area contributed by atoms with Gasteiger partial charge in [0.05, 0.1) is 5.75 Å². The summed E-state index contributed by atoms with van der Waals surface area (Å²) in [6.07, 6.45) is 4.05. The first kappa shape index (κ1) is 19.4. The number of aromatic nitrogens is 3. The third-order valence-corrected chi connectivity index (χ3v) is 6.32. The highest BCUT2D eigenvalue weighted by Crippen LogP contribution is 2.33. The summed E-state index contributed by atoms with van der Waals surface area (Å²) in [5.41, 5.74) is 2.50. The molecule has 1 saturated heterocycles. The highest BCUT2D eigenvalue weighted by Gasteiger charge is 2.52. The van der Waals surface area contributed by atoms with Crippen molar-refractivity contribution in [2.75, 3.05) is 5.75 Å². The molecule has 0 atom stereocenters. The molecule has 152 valence electrons. The Balaban J connectivity index is 1.37. The molecule has 1 aromatic carbocycles. The highest BCUT2D eigenvalue weighted by atomic mass is 32.2. The second-order valence-electron chi connectivity index (χ2n) is 7.27. The minimum absolute atomic E-state index is 0.00478. The molecule has 1 spiro atoms. The Hall–Kier alpha value is -2.88. The molecule has 2 fully saturated rings. The number of carbonyl (C=O) groups is 3. The molecule has 4 amide bonds. The second-order valence-corrected chi connectivity index (χ2v) is 8.21. The first-order valence-corrected chi connectivity index (χ1v) is 10.5. The topological polar surface area (TPSA) is 109 Å². The molecule has 2 aliphatic rings. The van der Waals surface area contributed by atoms with Gasteiger partial charge in [0.15, 0.2) is 11.0 Å². The Morgan fingerprint density at radius 1 is 1.17 bits per heavy atom. The summed E-state index contributed by atoms with van der Waals surface area (Å²) in [5, 5.41) is 12.5. The number of carbonyl (C=O) groups excluding carboxylic acids is 3. The Morgan fingerprint density at radius 2 is 1.90 bits per heavy atom. The van der Waals surface area contributed by atoms with Crippen LogP contribution in [0.3, 0.4) is 0 Å². The zero-order chi connectivity index (χ0) is 20.4. The highest BCUT2D eigenvalue weighted by molar-refractivity contribution is 7.99. The van der Waals surface area contributed by atoms with Gasteiger partial charge in [0.25, 0.3) is 5.91 Å². The predicted octanol–water partition coefficient (Wildman–Crippen LogP) is 1.86. The molecule has 2 aromatic rings. The van der Waals surface area contributed by atoms with Crippen LogP contribution in [0, 0.1) is 0 Å². The molecule has 1 aliphatic carbocycles. The van der Waals surface area contributed by atoms with Crippen molar-refractivity contribution in [3.8, 4) is 11.4 Å². The second kappa shape index (κ2) is 7.86. The first-order valence-electron chi connectivity index (χ1n) is 9.54. The third kappa shape index (κ3) is 3.71. The van der Waals surface area contributed by atoms with Crippen molar-refractivity contribution in [3.05, 3.63) is 30.3 Å². The maximum absolute atomic E-state index is 12.7. The number of benzene rings is 1. The minimum atomic E-state index is -0.857. The van der Waals surface area contributed by atoms with E-state index >= 15 is 0 Å². The lowest BCUT2D eigenvalue weighted by Gasteiger charge is -2.30. The van der Waals surface area contributed by atoms with Gasteiger partial charge in [-0.05, 0) is 12.8 Å². The summed E-state index contributed by atoms with van der Waals surface area (Å²) in [4.78, 5) is 37.3. The molecule has 1 aliphatic heterocycles. The molecule has 10 heteroatoms. The van der Waals surface area contributed by atoms with E-state index in [4.69, 9.17) is 0 Å². The van der Waals surface area contributed by atoms with E-state index in [2.05, 4.69) is 20.9 Å². The standard InChI is InChI=1S/C19H22N6O3S/c1-24-15(13-8-4-2-5-9-13)21-22-18(24)29-12-14(26)23-25-16(27)19(20-17(25)28)10-6-3-7-11-19/h2,4-5,8-9H,3,6-7,10-12H2,1H3,(H,20,28)(H,23,26). The molecule has 2 N–H and O–H groups in total. The normalized spacial score (nSPS) is 18.2. The molecule has 29 heavy (non-hydrogen) atoms. The molecule has 0 radical (unpaired) electrons. The maximum atomic E-state index is 12.7. The van der Waals surface area contributed by atoms with Crippen molar-refractivity contribution < 1.29 is 14.4 Å². The molecule has 2 heterocycles. The van der Waals surface area contributed by atoms with Crippen LogP contribution in [0.25, 0.3) is 11.4 Å². The molecule has 9 nitrogen and oxygen atoms in total. The lowest BCUT2D eigenvalue weighted by molar-refractivity contribution is -0.139. The van der Waals surface area contributed by atoms with Crippen LogP contribution < -0.4 is 10.7 Å². The van der Waals surface area contributed by atoms with Crippen LogP contribution in [0.4, 0.5) is 4.79 Å². The van der Waals surface area contributed by atoms with E-state index in [0.29, 0.717) is 23.8 Å². The van der Waals surface area contributed by atoms with Crippen LogP contribution in [-0.2, 0) is 16.6 Å². The van der Waals surface area contributed by atoms with E-state index in [1.165, 1.54) is 11.8 Å². The largest absolute Gasteiger partial charge is 0.344 e. The van der Waals surface area contributed by atoms with Crippen LogP contribution in [-0.4, -0.2) is 48.9 Å². The Kier molecular flexibility index (Phi) is 5.27. The predicted molar refractivity (Wildman–Crippen MR) is 106 cm³/mol. The summed E-state index contributed by atoms with van der Waals surface area (Å²) in [5.74, 6) is -0.117. The van der Waals surface area contributed by atoms with Crippen molar-refractivity contribution in [1.29, 1.82) is 0 Å². The molecule has 0 unspecified atom stereocenters. The molecule has 1 saturated carbocycles. The van der Waals surface area contributed by atoms with E-state index < -0.39 is 17.5 Å². The molecule has 0 bridgehead atoms. The number of rotatable bonds is 5. The van der Waals surface area contributed by atoms with Gasteiger partial charge in [-0.2, -0.15) is 5.01 Å². The smallest absolute Gasteiger partial charge is 0.322 e. The fourth-order valence-electron chi connectivity index (χ4n) is 3.78. The number of nitrogens with zero attached hydrogens (tertiary/aromatic N) is 4. The van der Waals surface area contributed by atoms with Gasteiger partial charge >= 0.3 is 6.03 Å². The van der Waals surface area contributed by atoms with Crippen LogP contribution >= 0.6 is 11.8 Å². The van der Waals surface area contributed by atoms with Gasteiger partial charge in [-0.15, -0.1) is 10.2 Å². The number of hydrogen-bond acceptors (Lipinski definition) is 6. The summed E-state index contributed by atoms with van der Waals surface area (Å²) in [7, 11) is 1.83.